The van der Waals surface area contributed by atoms with Crippen molar-refractivity contribution < 1.29 is 9.53 Å². The van der Waals surface area contributed by atoms with Crippen LogP contribution in [0.25, 0.3) is 11.1 Å². The molecule has 5 nitrogen and oxygen atoms in total. The van der Waals surface area contributed by atoms with E-state index in [0.29, 0.717) is 29.4 Å². The van der Waals surface area contributed by atoms with E-state index in [2.05, 4.69) is 0 Å². The van der Waals surface area contributed by atoms with Gasteiger partial charge in [0.1, 0.15) is 11.9 Å². The lowest BCUT2D eigenvalue weighted by molar-refractivity contribution is 0.0595. The van der Waals surface area contributed by atoms with Gasteiger partial charge in [-0.3, -0.25) is 9.59 Å². The fourth-order valence-electron chi connectivity index (χ4n) is 3.83. The molecule has 0 saturated carbocycles. The van der Waals surface area contributed by atoms with Gasteiger partial charge in [0.2, 0.25) is 0 Å². The van der Waals surface area contributed by atoms with E-state index in [4.69, 9.17) is 16.3 Å². The van der Waals surface area contributed by atoms with Gasteiger partial charge in [0.15, 0.2) is 0 Å². The smallest absolute Gasteiger partial charge is 0.254 e. The first-order chi connectivity index (χ1) is 14.9. The maximum Gasteiger partial charge on any atom is 0.254 e. The number of rotatable bonds is 4. The second kappa shape index (κ2) is 8.98. The van der Waals surface area contributed by atoms with Gasteiger partial charge < -0.3 is 14.2 Å². The van der Waals surface area contributed by atoms with Crippen LogP contribution in [-0.2, 0) is 7.05 Å². The number of ether oxygens (including phenoxy) is 1. The van der Waals surface area contributed by atoms with Crippen molar-refractivity contribution in [2.75, 3.05) is 13.1 Å². The molecule has 1 aromatic heterocycles. The van der Waals surface area contributed by atoms with Crippen LogP contribution in [-0.4, -0.2) is 34.6 Å². The number of benzene rings is 2. The molecule has 160 valence electrons. The predicted octanol–water partition coefficient (Wildman–Crippen LogP) is 4.70. The summed E-state index contributed by atoms with van der Waals surface area (Å²) in [4.78, 5) is 26.7. The number of likely N-dealkylation sites (tertiary alicyclic amines) is 1. The first kappa shape index (κ1) is 21.2. The number of nitrogens with zero attached hydrogens (tertiary/aromatic N) is 2. The Morgan fingerprint density at radius 2 is 1.71 bits per heavy atom. The fourth-order valence-corrected chi connectivity index (χ4v) is 4.02. The van der Waals surface area contributed by atoms with E-state index in [0.717, 1.165) is 29.7 Å². The first-order valence-electron chi connectivity index (χ1n) is 10.4. The van der Waals surface area contributed by atoms with Crippen molar-refractivity contribution >= 4 is 17.5 Å². The van der Waals surface area contributed by atoms with Gasteiger partial charge in [-0.2, -0.15) is 0 Å². The summed E-state index contributed by atoms with van der Waals surface area (Å²) in [5.41, 5.74) is 3.50. The molecular formula is C25H25ClN2O3. The summed E-state index contributed by atoms with van der Waals surface area (Å²) in [7, 11) is 1.74. The monoisotopic (exact) mass is 436 g/mol. The first-order valence-corrected chi connectivity index (χ1v) is 10.8. The number of amides is 1. The third-order valence-corrected chi connectivity index (χ3v) is 6.03. The SMILES string of the molecule is Cc1cc(OC2CCN(C(=O)c3ccc(-c4cccc(Cl)c4)cc3)CC2)cc(=O)n1C. The quantitative estimate of drug-likeness (QED) is 0.595. The van der Waals surface area contributed by atoms with Crippen molar-refractivity contribution in [3.8, 4) is 16.9 Å². The summed E-state index contributed by atoms with van der Waals surface area (Å²) < 4.78 is 7.61. The van der Waals surface area contributed by atoms with Gasteiger partial charge in [0, 0.05) is 55.3 Å². The topological polar surface area (TPSA) is 51.5 Å². The lowest BCUT2D eigenvalue weighted by Crippen LogP contribution is -2.41. The van der Waals surface area contributed by atoms with Crippen molar-refractivity contribution in [2.24, 2.45) is 7.05 Å². The van der Waals surface area contributed by atoms with Crippen LogP contribution in [0.4, 0.5) is 0 Å². The minimum absolute atomic E-state index is 0.000705. The molecule has 0 aliphatic carbocycles. The summed E-state index contributed by atoms with van der Waals surface area (Å²) >= 11 is 6.08. The summed E-state index contributed by atoms with van der Waals surface area (Å²) in [5.74, 6) is 0.627. The van der Waals surface area contributed by atoms with Gasteiger partial charge in [-0.25, -0.2) is 0 Å². The average molecular weight is 437 g/mol. The van der Waals surface area contributed by atoms with Crippen LogP contribution < -0.4 is 10.3 Å². The standard InChI is InChI=1S/C25H25ClN2O3/c1-17-14-23(16-24(29)27(17)2)31-22-10-12-28(13-11-22)25(30)19-8-6-18(7-9-19)20-4-3-5-21(26)15-20/h3-9,14-16,22H,10-13H2,1-2H3. The van der Waals surface area contributed by atoms with Gasteiger partial charge in [-0.1, -0.05) is 35.9 Å². The molecule has 1 amide bonds. The molecule has 1 saturated heterocycles. The van der Waals surface area contributed by atoms with Crippen LogP contribution in [0, 0.1) is 6.92 Å². The molecule has 1 aliphatic rings. The third-order valence-electron chi connectivity index (χ3n) is 5.80. The van der Waals surface area contributed by atoms with Gasteiger partial charge >= 0.3 is 0 Å². The van der Waals surface area contributed by atoms with Gasteiger partial charge in [-0.15, -0.1) is 0 Å². The molecule has 0 spiro atoms. The number of halogens is 1. The minimum Gasteiger partial charge on any atom is -0.490 e. The average Bonchev–Trinajstić information content (AvgIpc) is 2.77. The zero-order valence-electron chi connectivity index (χ0n) is 17.7. The molecule has 0 N–H and O–H groups in total. The number of aryl methyl sites for hydroxylation is 1. The number of pyridine rings is 1. The lowest BCUT2D eigenvalue weighted by Gasteiger charge is -2.32. The molecule has 1 aliphatic heterocycles. The van der Waals surface area contributed by atoms with Crippen molar-refractivity contribution in [2.45, 2.75) is 25.9 Å². The third kappa shape index (κ3) is 4.83. The summed E-state index contributed by atoms with van der Waals surface area (Å²) in [6.07, 6.45) is 1.47. The van der Waals surface area contributed by atoms with E-state index >= 15 is 0 Å². The maximum atomic E-state index is 12.9. The highest BCUT2D eigenvalue weighted by atomic mass is 35.5. The highest BCUT2D eigenvalue weighted by Crippen LogP contribution is 2.24. The summed E-state index contributed by atoms with van der Waals surface area (Å²) in [6.45, 7) is 3.14. The Kier molecular flexibility index (Phi) is 6.14. The predicted molar refractivity (Wildman–Crippen MR) is 123 cm³/mol. The Balaban J connectivity index is 1.36. The van der Waals surface area contributed by atoms with Crippen LogP contribution in [0.15, 0.2) is 65.5 Å². The molecule has 6 heteroatoms. The number of aromatic nitrogens is 1. The Morgan fingerprint density at radius 3 is 2.35 bits per heavy atom. The van der Waals surface area contributed by atoms with E-state index in [1.54, 1.807) is 11.6 Å². The Morgan fingerprint density at radius 1 is 1.00 bits per heavy atom. The lowest BCUT2D eigenvalue weighted by atomic mass is 10.0. The largest absolute Gasteiger partial charge is 0.490 e. The Labute approximate surface area is 186 Å². The number of carbonyl (C=O) groups excluding carboxylic acids is 1. The van der Waals surface area contributed by atoms with Gasteiger partial charge in [0.05, 0.1) is 0 Å². The summed E-state index contributed by atoms with van der Waals surface area (Å²) in [5, 5.41) is 0.689. The van der Waals surface area contributed by atoms with Crippen molar-refractivity contribution in [1.29, 1.82) is 0 Å². The number of hydrogen-bond donors (Lipinski definition) is 0. The molecule has 2 aromatic carbocycles. The fraction of sp³-hybridized carbons (Fsp3) is 0.280. The van der Waals surface area contributed by atoms with Crippen LogP contribution in [0.1, 0.15) is 28.9 Å². The number of hydrogen-bond acceptors (Lipinski definition) is 3. The molecule has 31 heavy (non-hydrogen) atoms. The van der Waals surface area contributed by atoms with Gasteiger partial charge in [-0.05, 0) is 48.4 Å². The molecule has 1 fully saturated rings. The van der Waals surface area contributed by atoms with Crippen LogP contribution in [0.5, 0.6) is 5.75 Å². The molecule has 0 unspecified atom stereocenters. The van der Waals surface area contributed by atoms with E-state index in [1.165, 1.54) is 6.07 Å². The van der Waals surface area contributed by atoms with Crippen molar-refractivity contribution in [1.82, 2.24) is 9.47 Å². The Bertz CT molecular complexity index is 1150. The van der Waals surface area contributed by atoms with E-state index < -0.39 is 0 Å². The van der Waals surface area contributed by atoms with Crippen LogP contribution in [0.2, 0.25) is 5.02 Å². The second-order valence-electron chi connectivity index (χ2n) is 7.93. The molecule has 0 atom stereocenters. The maximum absolute atomic E-state index is 12.9. The normalized spacial score (nSPS) is 14.5. The Hall–Kier alpha value is -3.05. The van der Waals surface area contributed by atoms with Crippen LogP contribution >= 0.6 is 11.6 Å². The van der Waals surface area contributed by atoms with E-state index in [9.17, 15) is 9.59 Å². The highest BCUT2D eigenvalue weighted by molar-refractivity contribution is 6.30. The number of carbonyl (C=O) groups is 1. The molecule has 2 heterocycles. The van der Waals surface area contributed by atoms with E-state index in [1.807, 2.05) is 66.4 Å². The summed E-state index contributed by atoms with van der Waals surface area (Å²) in [6, 6.07) is 18.7. The molecule has 0 bridgehead atoms. The highest BCUT2D eigenvalue weighted by Gasteiger charge is 2.25. The molecular weight excluding hydrogens is 412 g/mol. The zero-order chi connectivity index (χ0) is 22.0. The van der Waals surface area contributed by atoms with Gasteiger partial charge in [0.25, 0.3) is 11.5 Å². The minimum atomic E-state index is -0.0798. The van der Waals surface area contributed by atoms with Crippen molar-refractivity contribution in [3.05, 3.63) is 87.3 Å². The van der Waals surface area contributed by atoms with Crippen LogP contribution in [0.3, 0.4) is 0 Å². The van der Waals surface area contributed by atoms with E-state index in [-0.39, 0.29) is 17.6 Å². The zero-order valence-corrected chi connectivity index (χ0v) is 18.4. The molecule has 4 rings (SSSR count). The molecule has 0 radical (unpaired) electrons. The second-order valence-corrected chi connectivity index (χ2v) is 8.36. The molecule has 3 aromatic rings. The van der Waals surface area contributed by atoms with Crippen molar-refractivity contribution in [3.63, 3.8) is 0 Å². The number of piperidine rings is 1.